The summed E-state index contributed by atoms with van der Waals surface area (Å²) in [5.41, 5.74) is 0.0613. The predicted octanol–water partition coefficient (Wildman–Crippen LogP) is -0.0782. The van der Waals surface area contributed by atoms with Crippen LogP contribution < -0.4 is 10.6 Å². The summed E-state index contributed by atoms with van der Waals surface area (Å²) in [4.78, 5) is 0. The summed E-state index contributed by atoms with van der Waals surface area (Å²) < 4.78 is 28.5. The molecule has 0 bridgehead atoms. The van der Waals surface area contributed by atoms with E-state index < -0.39 is 9.84 Å². The summed E-state index contributed by atoms with van der Waals surface area (Å²) in [6.45, 7) is 5.22. The summed E-state index contributed by atoms with van der Waals surface area (Å²) in [6.07, 6.45) is 3.08. The zero-order valence-corrected chi connectivity index (χ0v) is 11.9. The maximum Gasteiger partial charge on any atom is 0.153 e. The van der Waals surface area contributed by atoms with Crippen LogP contribution in [0.15, 0.2) is 0 Å². The molecule has 2 fully saturated rings. The smallest absolute Gasteiger partial charge is 0.153 e. The second kappa shape index (κ2) is 5.86. The fourth-order valence-electron chi connectivity index (χ4n) is 2.67. The Hall–Kier alpha value is -0.170. The van der Waals surface area contributed by atoms with Crippen LogP contribution in [0.3, 0.4) is 0 Å². The molecule has 0 spiro atoms. The van der Waals surface area contributed by atoms with Gasteiger partial charge in [0.15, 0.2) is 9.84 Å². The summed E-state index contributed by atoms with van der Waals surface area (Å²) >= 11 is 0. The molecule has 0 saturated carbocycles. The average Bonchev–Trinajstić information content (AvgIpc) is 2.28. The van der Waals surface area contributed by atoms with E-state index >= 15 is 0 Å². The molecule has 2 saturated heterocycles. The van der Waals surface area contributed by atoms with Crippen molar-refractivity contribution in [3.63, 3.8) is 0 Å². The van der Waals surface area contributed by atoms with Gasteiger partial charge in [-0.2, -0.15) is 0 Å². The molecule has 2 rings (SSSR count). The lowest BCUT2D eigenvalue weighted by molar-refractivity contribution is 0.0284. The van der Waals surface area contributed by atoms with E-state index in [1.165, 1.54) is 0 Å². The van der Waals surface area contributed by atoms with Crippen LogP contribution in [-0.2, 0) is 14.6 Å². The van der Waals surface area contributed by atoms with Crippen LogP contribution in [0.25, 0.3) is 0 Å². The van der Waals surface area contributed by atoms with Gasteiger partial charge < -0.3 is 15.4 Å². The van der Waals surface area contributed by atoms with E-state index in [9.17, 15) is 8.42 Å². The molecule has 0 aromatic rings. The first-order chi connectivity index (χ1) is 8.49. The molecule has 0 radical (unpaired) electrons. The molecule has 2 unspecified atom stereocenters. The SMILES string of the molecule is CC1(NCCC2CS(=O)(=O)CCN2)CCCOC1. The maximum absolute atomic E-state index is 11.5. The molecule has 6 heteroatoms. The Morgan fingerprint density at radius 3 is 3.00 bits per heavy atom. The van der Waals surface area contributed by atoms with Crippen LogP contribution in [0.2, 0.25) is 0 Å². The highest BCUT2D eigenvalue weighted by Crippen LogP contribution is 2.18. The molecular formula is C12H24N2O3S. The summed E-state index contributed by atoms with van der Waals surface area (Å²) in [5.74, 6) is 0.560. The molecule has 2 heterocycles. The lowest BCUT2D eigenvalue weighted by Gasteiger charge is -2.35. The monoisotopic (exact) mass is 276 g/mol. The minimum absolute atomic E-state index is 0.0613. The Morgan fingerprint density at radius 1 is 1.50 bits per heavy atom. The highest BCUT2D eigenvalue weighted by Gasteiger charge is 2.28. The molecule has 2 aliphatic rings. The quantitative estimate of drug-likeness (QED) is 0.752. The van der Waals surface area contributed by atoms with Crippen molar-refractivity contribution in [1.82, 2.24) is 10.6 Å². The summed E-state index contributed by atoms with van der Waals surface area (Å²) in [5, 5.41) is 6.79. The molecule has 0 aromatic carbocycles. The van der Waals surface area contributed by atoms with Gasteiger partial charge in [0.1, 0.15) is 0 Å². The highest BCUT2D eigenvalue weighted by atomic mass is 32.2. The third-order valence-electron chi connectivity index (χ3n) is 3.78. The Morgan fingerprint density at radius 2 is 2.33 bits per heavy atom. The van der Waals surface area contributed by atoms with Gasteiger partial charge in [-0.1, -0.05) is 0 Å². The first-order valence-corrected chi connectivity index (χ1v) is 8.58. The van der Waals surface area contributed by atoms with Gasteiger partial charge in [0, 0.05) is 24.7 Å². The average molecular weight is 276 g/mol. The van der Waals surface area contributed by atoms with Crippen LogP contribution in [0.1, 0.15) is 26.2 Å². The molecule has 106 valence electrons. The number of nitrogens with one attached hydrogen (secondary N) is 2. The van der Waals surface area contributed by atoms with Crippen molar-refractivity contribution in [2.45, 2.75) is 37.8 Å². The highest BCUT2D eigenvalue weighted by molar-refractivity contribution is 7.91. The molecular weight excluding hydrogens is 252 g/mol. The van der Waals surface area contributed by atoms with Gasteiger partial charge >= 0.3 is 0 Å². The van der Waals surface area contributed by atoms with Crippen LogP contribution in [0.4, 0.5) is 0 Å². The third-order valence-corrected chi connectivity index (χ3v) is 5.52. The fraction of sp³-hybridized carbons (Fsp3) is 1.00. The van der Waals surface area contributed by atoms with Gasteiger partial charge in [-0.05, 0) is 32.7 Å². The molecule has 0 aliphatic carbocycles. The second-order valence-corrected chi connectivity index (χ2v) is 7.93. The van der Waals surface area contributed by atoms with Gasteiger partial charge in [-0.3, -0.25) is 0 Å². The Kier molecular flexibility index (Phi) is 4.64. The molecule has 0 aromatic heterocycles. The number of rotatable bonds is 4. The number of sulfone groups is 1. The zero-order valence-electron chi connectivity index (χ0n) is 11.1. The van der Waals surface area contributed by atoms with Crippen LogP contribution in [-0.4, -0.2) is 57.8 Å². The second-order valence-electron chi connectivity index (χ2n) is 5.70. The maximum atomic E-state index is 11.5. The van der Waals surface area contributed by atoms with E-state index in [2.05, 4.69) is 17.6 Å². The van der Waals surface area contributed by atoms with E-state index in [-0.39, 0.29) is 23.1 Å². The van der Waals surface area contributed by atoms with Crippen molar-refractivity contribution >= 4 is 9.84 Å². The van der Waals surface area contributed by atoms with Crippen LogP contribution in [0, 0.1) is 0 Å². The largest absolute Gasteiger partial charge is 0.380 e. The van der Waals surface area contributed by atoms with Gasteiger partial charge in [0.25, 0.3) is 0 Å². The molecule has 2 atom stereocenters. The van der Waals surface area contributed by atoms with Gasteiger partial charge in [-0.25, -0.2) is 8.42 Å². The van der Waals surface area contributed by atoms with E-state index in [1.807, 2.05) is 0 Å². The topological polar surface area (TPSA) is 67.4 Å². The Balaban J connectivity index is 1.71. The minimum Gasteiger partial charge on any atom is -0.380 e. The van der Waals surface area contributed by atoms with E-state index in [4.69, 9.17) is 4.74 Å². The number of ether oxygens (including phenoxy) is 1. The Bertz CT molecular complexity index is 364. The molecule has 2 aliphatic heterocycles. The lowest BCUT2D eigenvalue weighted by Crippen LogP contribution is -2.51. The first kappa shape index (κ1) is 14.2. The van der Waals surface area contributed by atoms with Gasteiger partial charge in [0.05, 0.1) is 18.1 Å². The van der Waals surface area contributed by atoms with E-state index in [0.717, 1.165) is 39.0 Å². The zero-order chi connectivity index (χ0) is 13.1. The summed E-state index contributed by atoms with van der Waals surface area (Å²) in [6, 6.07) is 0.101. The van der Waals surface area contributed by atoms with Crippen molar-refractivity contribution in [2.75, 3.05) is 37.8 Å². The van der Waals surface area contributed by atoms with Crippen LogP contribution >= 0.6 is 0 Å². The minimum atomic E-state index is -2.82. The predicted molar refractivity (Wildman–Crippen MR) is 71.5 cm³/mol. The summed E-state index contributed by atoms with van der Waals surface area (Å²) in [7, 11) is -2.82. The third kappa shape index (κ3) is 4.19. The normalized spacial score (nSPS) is 36.4. The van der Waals surface area contributed by atoms with Gasteiger partial charge in [0.2, 0.25) is 0 Å². The van der Waals surface area contributed by atoms with Crippen molar-refractivity contribution in [3.05, 3.63) is 0 Å². The van der Waals surface area contributed by atoms with E-state index in [0.29, 0.717) is 6.54 Å². The molecule has 0 amide bonds. The molecule has 2 N–H and O–H groups in total. The fourth-order valence-corrected chi connectivity index (χ4v) is 4.17. The number of hydrogen-bond acceptors (Lipinski definition) is 5. The van der Waals surface area contributed by atoms with Crippen molar-refractivity contribution in [3.8, 4) is 0 Å². The van der Waals surface area contributed by atoms with E-state index in [1.54, 1.807) is 0 Å². The first-order valence-electron chi connectivity index (χ1n) is 6.76. The van der Waals surface area contributed by atoms with Crippen molar-refractivity contribution < 1.29 is 13.2 Å². The molecule has 5 nitrogen and oxygen atoms in total. The lowest BCUT2D eigenvalue weighted by atomic mass is 9.94. The standard InChI is InChI=1S/C12H24N2O3S/c1-12(4-2-7-17-10-12)14-5-3-11-9-18(15,16)8-6-13-11/h11,13-14H,2-10H2,1H3. The Labute approximate surface area is 110 Å². The number of hydrogen-bond donors (Lipinski definition) is 2. The van der Waals surface area contributed by atoms with Crippen molar-refractivity contribution in [2.24, 2.45) is 0 Å². The van der Waals surface area contributed by atoms with Crippen LogP contribution in [0.5, 0.6) is 0 Å². The van der Waals surface area contributed by atoms with Crippen molar-refractivity contribution in [1.29, 1.82) is 0 Å². The van der Waals surface area contributed by atoms with Gasteiger partial charge in [-0.15, -0.1) is 0 Å². The molecule has 18 heavy (non-hydrogen) atoms.